The highest BCUT2D eigenvalue weighted by Gasteiger charge is 2.77. The predicted octanol–water partition coefficient (Wildman–Crippen LogP) is 12.0. The van der Waals surface area contributed by atoms with Crippen LogP contribution in [-0.2, 0) is 0 Å². The molecule has 0 spiro atoms. The van der Waals surface area contributed by atoms with Gasteiger partial charge in [-0.05, 0) is 45.3 Å². The summed E-state index contributed by atoms with van der Waals surface area (Å²) in [5.74, 6) is -5.99. The number of halogens is 28. The Bertz CT molecular complexity index is 1100. The van der Waals surface area contributed by atoms with Gasteiger partial charge in [0.15, 0.2) is 0 Å². The van der Waals surface area contributed by atoms with Crippen molar-refractivity contribution in [1.82, 2.24) is 4.90 Å². The Kier molecular flexibility index (Phi) is 20.2. The van der Waals surface area contributed by atoms with Crippen LogP contribution in [0.15, 0.2) is 0 Å². The molecule has 0 bridgehead atoms. The smallest absolute Gasteiger partial charge is 0.431 e. The summed E-state index contributed by atoms with van der Waals surface area (Å²) in [7, 11) is 3.71. The van der Waals surface area contributed by atoms with E-state index in [0.29, 0.717) is 14.1 Å². The van der Waals surface area contributed by atoms with E-state index in [1.165, 1.54) is 0 Å². The second kappa shape index (κ2) is 19.5. The van der Waals surface area contributed by atoms with Gasteiger partial charge in [-0.3, -0.25) is 10.5 Å². The largest absolute Gasteiger partial charge is 0.633 e. The SMILES string of the molecule is CN(C)CCC(CC(F)(C(F)(F)F)C(F)(F)F)CC(F)(C(F)(F)F)C(F)(F)F.C[N+](C)([O-])CCC(CC(F)(C(F)(F)F)C(F)(F)F)CC(F)(C(F)(F)F)C(F)(F)F.OO. The van der Waals surface area contributed by atoms with Crippen molar-refractivity contribution in [2.45, 2.75) is 111 Å². The highest BCUT2D eigenvalue weighted by atomic mass is 19.5. The molecule has 0 saturated carbocycles. The minimum Gasteiger partial charge on any atom is -0.633 e. The van der Waals surface area contributed by atoms with Crippen LogP contribution < -0.4 is 0 Å². The van der Waals surface area contributed by atoms with E-state index in [4.69, 9.17) is 10.5 Å². The van der Waals surface area contributed by atoms with Crippen LogP contribution in [0.1, 0.15) is 38.5 Å². The summed E-state index contributed by atoms with van der Waals surface area (Å²) in [4.78, 5) is 0.995. The van der Waals surface area contributed by atoms with Gasteiger partial charge in [0.2, 0.25) is 0 Å². The molecule has 0 aliphatic carbocycles. The Morgan fingerprint density at radius 1 is 0.390 bits per heavy atom. The lowest BCUT2D eigenvalue weighted by Gasteiger charge is -2.39. The third-order valence-corrected chi connectivity index (χ3v) is 7.93. The first-order chi connectivity index (χ1) is 25.3. The van der Waals surface area contributed by atoms with Crippen LogP contribution in [0, 0.1) is 17.0 Å². The molecule has 0 aromatic rings. The molecule has 360 valence electrons. The van der Waals surface area contributed by atoms with Crippen LogP contribution in [0.5, 0.6) is 0 Å². The minimum absolute atomic E-state index is 0.623. The molecule has 0 amide bonds. The lowest BCUT2D eigenvalue weighted by atomic mass is 9.81. The second-order valence-electron chi connectivity index (χ2n) is 13.4. The normalized spacial score (nSPS) is 15.4. The van der Waals surface area contributed by atoms with Gasteiger partial charge in [0.05, 0.1) is 20.6 Å². The van der Waals surface area contributed by atoms with Crippen molar-refractivity contribution in [3.8, 4) is 0 Å². The van der Waals surface area contributed by atoms with Gasteiger partial charge < -0.3 is 14.8 Å². The predicted molar refractivity (Wildman–Crippen MR) is 143 cm³/mol. The summed E-state index contributed by atoms with van der Waals surface area (Å²) in [5.41, 5.74) is -24.7. The van der Waals surface area contributed by atoms with Crippen LogP contribution in [0.2, 0.25) is 0 Å². The molecule has 0 aliphatic rings. The van der Waals surface area contributed by atoms with E-state index in [9.17, 15) is 128 Å². The minimum atomic E-state index is -6.78. The Hall–Kier alpha value is -2.16. The highest BCUT2D eigenvalue weighted by molar-refractivity contribution is 5.02. The van der Waals surface area contributed by atoms with Crippen molar-refractivity contribution < 1.29 is 138 Å². The molecule has 0 fully saturated rings. The first-order valence-electron chi connectivity index (χ1n) is 15.0. The van der Waals surface area contributed by atoms with E-state index in [1.54, 1.807) is 0 Å². The summed E-state index contributed by atoms with van der Waals surface area (Å²) < 4.78 is 357. The standard InChI is InChI=1S/C13H15F14NO.C13H15F14N.H2O2/c1-28(2,29)4-3-7(5-8(14,10(16,17)18)11(19,20)21)6-9(15,12(22,23)24)13(25,26)27;1-28(2)4-3-7(5-8(14,10(16,17)18)11(19,20)21)6-9(15,12(22,23)24)13(25,26)27;1-2/h7H,3-6H2,1-2H3;7H,3-6H2,1-2H3;1-2H. The van der Waals surface area contributed by atoms with Crippen molar-refractivity contribution >= 4 is 0 Å². The zero-order chi connectivity index (χ0) is 48.9. The third-order valence-electron chi connectivity index (χ3n) is 7.93. The van der Waals surface area contributed by atoms with Gasteiger partial charge in [-0.15, -0.1) is 0 Å². The molecule has 59 heavy (non-hydrogen) atoms. The molecular weight excluding hydrogens is 920 g/mol. The van der Waals surface area contributed by atoms with Gasteiger partial charge in [0.25, 0.3) is 22.7 Å². The topological polar surface area (TPSA) is 66.8 Å². The Morgan fingerprint density at radius 2 is 0.559 bits per heavy atom. The van der Waals surface area contributed by atoms with Gasteiger partial charge in [0, 0.05) is 25.7 Å². The molecule has 0 radical (unpaired) electrons. The van der Waals surface area contributed by atoms with E-state index in [1.807, 2.05) is 0 Å². The molecule has 0 aromatic carbocycles. The van der Waals surface area contributed by atoms with Crippen LogP contribution in [0.4, 0.5) is 123 Å². The summed E-state index contributed by atoms with van der Waals surface area (Å²) in [6, 6.07) is 0. The van der Waals surface area contributed by atoms with Crippen molar-refractivity contribution in [1.29, 1.82) is 0 Å². The number of alkyl halides is 28. The maximum absolute atomic E-state index is 13.8. The monoisotopic (exact) mass is 952 g/mol. The lowest BCUT2D eigenvalue weighted by Crippen LogP contribution is -2.57. The number of hydroxylamine groups is 3. The second-order valence-corrected chi connectivity index (χ2v) is 13.4. The van der Waals surface area contributed by atoms with Crippen molar-refractivity contribution in [2.24, 2.45) is 11.8 Å². The van der Waals surface area contributed by atoms with Gasteiger partial charge in [-0.1, -0.05) is 0 Å². The average Bonchev–Trinajstić information content (AvgIpc) is 2.94. The van der Waals surface area contributed by atoms with Gasteiger partial charge in [-0.25, -0.2) is 17.6 Å². The van der Waals surface area contributed by atoms with Crippen molar-refractivity contribution in [3.63, 3.8) is 0 Å². The van der Waals surface area contributed by atoms with Crippen LogP contribution in [0.3, 0.4) is 0 Å². The summed E-state index contributed by atoms with van der Waals surface area (Å²) in [6.45, 7) is -1.73. The molecule has 5 nitrogen and oxygen atoms in total. The van der Waals surface area contributed by atoms with Gasteiger partial charge in [0.1, 0.15) is 0 Å². The quantitative estimate of drug-likeness (QED) is 0.0788. The van der Waals surface area contributed by atoms with E-state index < -0.39 is 140 Å². The number of rotatable bonds is 14. The Morgan fingerprint density at radius 3 is 0.695 bits per heavy atom. The summed E-state index contributed by atoms with van der Waals surface area (Å²) in [5, 5.41) is 23.4. The number of nitrogens with zero attached hydrogens (tertiary/aromatic N) is 2. The fourth-order valence-corrected chi connectivity index (χ4v) is 4.65. The van der Waals surface area contributed by atoms with E-state index in [2.05, 4.69) is 0 Å². The average molecular weight is 952 g/mol. The number of hydrogen-bond acceptors (Lipinski definition) is 4. The van der Waals surface area contributed by atoms with Crippen molar-refractivity contribution in [2.75, 3.05) is 41.3 Å². The van der Waals surface area contributed by atoms with Crippen LogP contribution >= 0.6 is 0 Å². The molecule has 0 rings (SSSR count). The van der Waals surface area contributed by atoms with Crippen molar-refractivity contribution in [3.05, 3.63) is 5.21 Å². The van der Waals surface area contributed by atoms with E-state index in [0.717, 1.165) is 19.0 Å². The Balaban J connectivity index is -0.00000102. The molecule has 0 unspecified atom stereocenters. The molecule has 0 atom stereocenters. The third kappa shape index (κ3) is 15.9. The summed E-state index contributed by atoms with van der Waals surface area (Å²) >= 11 is 0. The highest BCUT2D eigenvalue weighted by Crippen LogP contribution is 2.57. The fourth-order valence-electron chi connectivity index (χ4n) is 4.65. The van der Waals surface area contributed by atoms with E-state index in [-0.39, 0.29) is 0 Å². The molecule has 33 heteroatoms. The maximum Gasteiger partial charge on any atom is 0.431 e. The zero-order valence-electron chi connectivity index (χ0n) is 29.6. The molecule has 2 N–H and O–H groups in total. The Labute approximate surface area is 313 Å². The van der Waals surface area contributed by atoms with Gasteiger partial charge >= 0.3 is 49.4 Å². The molecule has 0 aliphatic heterocycles. The fraction of sp³-hybridized carbons (Fsp3) is 1.00. The summed E-state index contributed by atoms with van der Waals surface area (Å²) in [6.07, 6.45) is -68.3. The first kappa shape index (κ1) is 61.1. The molecule has 0 saturated heterocycles. The lowest BCUT2D eigenvalue weighted by molar-refractivity contribution is -0.840. The van der Waals surface area contributed by atoms with E-state index >= 15 is 0 Å². The van der Waals surface area contributed by atoms with Crippen LogP contribution in [-0.4, -0.2) is 133 Å². The molecule has 0 aromatic heterocycles. The molecule has 0 heterocycles. The van der Waals surface area contributed by atoms with Gasteiger partial charge in [-0.2, -0.15) is 105 Å². The zero-order valence-corrected chi connectivity index (χ0v) is 29.6. The molecular formula is C26H32F28N2O3. The van der Waals surface area contributed by atoms with Crippen LogP contribution in [0.25, 0.3) is 0 Å². The number of hydrogen-bond donors (Lipinski definition) is 2. The first-order valence-corrected chi connectivity index (χ1v) is 15.0. The maximum atomic E-state index is 13.8. The number of quaternary nitrogens is 1.